The number of thioether (sulfide) groups is 1. The van der Waals surface area contributed by atoms with Crippen LogP contribution in [-0.4, -0.2) is 186 Å². The molecule has 0 aromatic carbocycles. The molecule has 29 heteroatoms. The number of aliphatic hydroxyl groups is 1. The van der Waals surface area contributed by atoms with Crippen molar-refractivity contribution in [2.45, 2.75) is 127 Å². The minimum atomic E-state index is -1.68. The SMILES string of the molecule is CSCC[C@H](NC(=O)[C@H](CC(N)=O)NC(=O)[C@@H](NC(=O)[C@H](C)NC(=O)[C@H](CCCN=C(N)N)NC(=O)[C@H](CO)NC(=O)[C@H](CCCCN)NC(=O)CNC(=O)[C@@H]1CCCN1C(=O)CN)C(C)C)C(=O)O. The number of hydrogen-bond acceptors (Lipinski definition) is 16. The van der Waals surface area contributed by atoms with Gasteiger partial charge in [0.05, 0.1) is 26.1 Å². The fourth-order valence-electron chi connectivity index (χ4n) is 6.89. The number of hydrogen-bond donors (Lipinski definition) is 15. The van der Waals surface area contributed by atoms with Crippen LogP contribution in [0.25, 0.3) is 0 Å². The van der Waals surface area contributed by atoms with Crippen molar-refractivity contribution in [3.05, 3.63) is 0 Å². The summed E-state index contributed by atoms with van der Waals surface area (Å²) in [6.07, 6.45) is 2.80. The van der Waals surface area contributed by atoms with Gasteiger partial charge >= 0.3 is 5.97 Å². The van der Waals surface area contributed by atoms with E-state index in [2.05, 4.69) is 47.5 Å². The summed E-state index contributed by atoms with van der Waals surface area (Å²) in [6, 6.07) is -10.9. The van der Waals surface area contributed by atoms with Gasteiger partial charge in [0.15, 0.2) is 5.96 Å². The van der Waals surface area contributed by atoms with Crippen LogP contribution >= 0.6 is 11.8 Å². The molecule has 0 aromatic rings. The van der Waals surface area contributed by atoms with Gasteiger partial charge in [0.1, 0.15) is 48.3 Å². The molecule has 0 spiro atoms. The number of carboxylic acid groups (broad SMARTS) is 1. The third-order valence-corrected chi connectivity index (χ3v) is 11.4. The Bertz CT molecular complexity index is 1860. The standard InChI is InChI=1S/C41H73N15O13S/c1-21(2)32(39(67)53-26(17-29(44)58)36(64)52-25(40(68)69)12-16-70-4)55-33(61)22(3)49-34(62)24(10-7-14-47-41(45)46)51-37(65)27(20-57)54-35(63)23(9-5-6-13-42)50-30(59)19-48-38(66)28-11-8-15-56(28)31(60)18-43/h21-28,32,57H,5-20,42-43H2,1-4H3,(H2,44,58)(H,48,66)(H,49,62)(H,50,59)(H,51,65)(H,52,64)(H,53,67)(H,54,63)(H,55,61)(H,68,69)(H4,45,46,47)/t22-,23-,24-,25-,26-,27-,28-,32-/m0/s1. The van der Waals surface area contributed by atoms with Gasteiger partial charge in [-0.25, -0.2) is 4.79 Å². The van der Waals surface area contributed by atoms with Gasteiger partial charge in [-0.2, -0.15) is 11.8 Å². The van der Waals surface area contributed by atoms with Crippen LogP contribution in [0.5, 0.6) is 0 Å². The van der Waals surface area contributed by atoms with Crippen LogP contribution in [0.15, 0.2) is 4.99 Å². The number of unbranched alkanes of at least 4 members (excludes halogenated alkanes) is 1. The Morgan fingerprint density at radius 2 is 1.27 bits per heavy atom. The molecule has 28 nitrogen and oxygen atoms in total. The first-order valence-electron chi connectivity index (χ1n) is 22.8. The van der Waals surface area contributed by atoms with Gasteiger partial charge in [-0.15, -0.1) is 0 Å². The number of carbonyl (C=O) groups excluding carboxylic acids is 10. The minimum absolute atomic E-state index is 0.00226. The van der Waals surface area contributed by atoms with Crippen LogP contribution in [0, 0.1) is 5.92 Å². The number of carbonyl (C=O) groups is 11. The zero-order chi connectivity index (χ0) is 53.1. The molecule has 1 aliphatic heterocycles. The van der Waals surface area contributed by atoms with E-state index in [1.807, 2.05) is 0 Å². The maximum atomic E-state index is 13.7. The molecule has 396 valence electrons. The van der Waals surface area contributed by atoms with Crippen LogP contribution in [-0.2, 0) is 52.7 Å². The summed E-state index contributed by atoms with van der Waals surface area (Å²) >= 11 is 1.34. The van der Waals surface area contributed by atoms with E-state index < -0.39 is 139 Å². The lowest BCUT2D eigenvalue weighted by Crippen LogP contribution is -2.60. The van der Waals surface area contributed by atoms with Gasteiger partial charge in [-0.1, -0.05) is 13.8 Å². The normalized spacial score (nSPS) is 16.1. The molecule has 0 bridgehead atoms. The van der Waals surface area contributed by atoms with Crippen molar-refractivity contribution in [1.82, 2.24) is 47.4 Å². The highest BCUT2D eigenvalue weighted by Gasteiger charge is 2.36. The smallest absolute Gasteiger partial charge is 0.326 e. The average Bonchev–Trinajstić information content (AvgIpc) is 3.80. The lowest BCUT2D eigenvalue weighted by Gasteiger charge is -2.27. The van der Waals surface area contributed by atoms with Crippen molar-refractivity contribution in [3.63, 3.8) is 0 Å². The first-order valence-corrected chi connectivity index (χ1v) is 24.2. The summed E-state index contributed by atoms with van der Waals surface area (Å²) in [7, 11) is 0. The minimum Gasteiger partial charge on any atom is -0.480 e. The largest absolute Gasteiger partial charge is 0.480 e. The fraction of sp³-hybridized carbons (Fsp3) is 0.707. The average molecular weight is 1020 g/mol. The predicted molar refractivity (Wildman–Crippen MR) is 255 cm³/mol. The van der Waals surface area contributed by atoms with Crippen molar-refractivity contribution in [1.29, 1.82) is 0 Å². The second-order valence-electron chi connectivity index (χ2n) is 16.7. The van der Waals surface area contributed by atoms with Crippen molar-refractivity contribution in [2.75, 3.05) is 51.3 Å². The number of likely N-dealkylation sites (tertiary alicyclic amines) is 1. The highest BCUT2D eigenvalue weighted by molar-refractivity contribution is 7.98. The second kappa shape index (κ2) is 32.5. The molecular weight excluding hydrogens is 943 g/mol. The second-order valence-corrected chi connectivity index (χ2v) is 17.7. The number of aliphatic carboxylic acids is 1. The molecule has 1 rings (SSSR count). The topological polar surface area (TPSA) is 470 Å². The van der Waals surface area contributed by atoms with E-state index in [-0.39, 0.29) is 51.3 Å². The third kappa shape index (κ3) is 22.4. The highest BCUT2D eigenvalue weighted by Crippen LogP contribution is 2.17. The van der Waals surface area contributed by atoms with Crippen LogP contribution in [0.4, 0.5) is 0 Å². The molecule has 1 aliphatic rings. The van der Waals surface area contributed by atoms with Crippen molar-refractivity contribution >= 4 is 82.8 Å². The number of aliphatic hydroxyl groups excluding tert-OH is 1. The zero-order valence-corrected chi connectivity index (χ0v) is 40.9. The Hall–Kier alpha value is -6.33. The molecule has 0 unspecified atom stereocenters. The molecule has 0 saturated carbocycles. The number of primary amides is 1. The Labute approximate surface area is 410 Å². The Morgan fingerprint density at radius 3 is 1.84 bits per heavy atom. The van der Waals surface area contributed by atoms with Crippen LogP contribution < -0.4 is 71.2 Å². The first kappa shape index (κ1) is 61.7. The fourth-order valence-corrected chi connectivity index (χ4v) is 7.36. The van der Waals surface area contributed by atoms with E-state index in [1.54, 1.807) is 20.1 Å². The molecule has 1 fully saturated rings. The van der Waals surface area contributed by atoms with Crippen molar-refractivity contribution < 1.29 is 63.0 Å². The number of amides is 10. The van der Waals surface area contributed by atoms with Gasteiger partial charge in [0.2, 0.25) is 59.1 Å². The zero-order valence-electron chi connectivity index (χ0n) is 40.1. The summed E-state index contributed by atoms with van der Waals surface area (Å²) in [5, 5.41) is 39.1. The first-order chi connectivity index (χ1) is 33.0. The number of aliphatic imine (C=N–C) groups is 1. The summed E-state index contributed by atoms with van der Waals surface area (Å²) < 4.78 is 0. The summed E-state index contributed by atoms with van der Waals surface area (Å²) in [5.74, 6) is -10.4. The summed E-state index contributed by atoms with van der Waals surface area (Å²) in [5.41, 5.74) is 27.2. The third-order valence-electron chi connectivity index (χ3n) is 10.7. The molecule has 0 aliphatic carbocycles. The molecule has 0 radical (unpaired) electrons. The molecule has 10 amide bonds. The molecular formula is C41H73N15O13S. The maximum Gasteiger partial charge on any atom is 0.326 e. The highest BCUT2D eigenvalue weighted by atomic mass is 32.2. The van der Waals surface area contributed by atoms with Gasteiger partial charge in [0, 0.05) is 13.1 Å². The van der Waals surface area contributed by atoms with Gasteiger partial charge < -0.3 is 86.3 Å². The van der Waals surface area contributed by atoms with Gasteiger partial charge in [-0.3, -0.25) is 52.9 Å². The van der Waals surface area contributed by atoms with E-state index in [1.165, 1.54) is 23.6 Å². The molecule has 1 saturated heterocycles. The number of nitrogens with two attached hydrogens (primary N) is 5. The van der Waals surface area contributed by atoms with Gasteiger partial charge in [0.25, 0.3) is 0 Å². The Kier molecular flexibility index (Phi) is 28.6. The molecule has 0 aromatic heterocycles. The number of guanidine groups is 1. The maximum absolute atomic E-state index is 13.7. The number of rotatable bonds is 33. The monoisotopic (exact) mass is 1020 g/mol. The summed E-state index contributed by atoms with van der Waals surface area (Å²) in [6.45, 7) is 3.13. The van der Waals surface area contributed by atoms with E-state index in [9.17, 15) is 63.0 Å². The Balaban J connectivity index is 3.17. The number of carboxylic acids is 1. The van der Waals surface area contributed by atoms with Gasteiger partial charge in [-0.05, 0) is 82.8 Å². The van der Waals surface area contributed by atoms with Crippen LogP contribution in [0.1, 0.15) is 78.6 Å². The van der Waals surface area contributed by atoms with E-state index in [4.69, 9.17) is 28.7 Å². The molecule has 8 atom stereocenters. The quantitative estimate of drug-likeness (QED) is 0.0165. The Morgan fingerprint density at radius 1 is 0.700 bits per heavy atom. The summed E-state index contributed by atoms with van der Waals surface area (Å²) in [4.78, 5) is 148. The molecule has 70 heavy (non-hydrogen) atoms. The lowest BCUT2D eigenvalue weighted by atomic mass is 10.0. The number of nitrogens with zero attached hydrogens (tertiary/aromatic N) is 2. The van der Waals surface area contributed by atoms with Crippen molar-refractivity contribution in [2.24, 2.45) is 39.6 Å². The molecule has 1 heterocycles. The lowest BCUT2D eigenvalue weighted by molar-refractivity contribution is -0.142. The van der Waals surface area contributed by atoms with E-state index in [0.29, 0.717) is 38.0 Å². The molecule has 20 N–H and O–H groups in total. The predicted octanol–water partition coefficient (Wildman–Crippen LogP) is -6.99. The van der Waals surface area contributed by atoms with Crippen LogP contribution in [0.3, 0.4) is 0 Å². The van der Waals surface area contributed by atoms with E-state index in [0.717, 1.165) is 0 Å². The van der Waals surface area contributed by atoms with E-state index >= 15 is 0 Å². The number of nitrogens with one attached hydrogen (secondary N) is 8. The van der Waals surface area contributed by atoms with Crippen LogP contribution in [0.2, 0.25) is 0 Å². The van der Waals surface area contributed by atoms with Crippen molar-refractivity contribution in [3.8, 4) is 0 Å².